The van der Waals surface area contributed by atoms with Gasteiger partial charge in [0.15, 0.2) is 0 Å². The smallest absolute Gasteiger partial charge is 0.320 e. The van der Waals surface area contributed by atoms with Gasteiger partial charge in [-0.2, -0.15) is 0 Å². The van der Waals surface area contributed by atoms with Crippen LogP contribution in [0.2, 0.25) is 0 Å². The molecule has 6 heteroatoms. The molecule has 1 saturated heterocycles. The summed E-state index contributed by atoms with van der Waals surface area (Å²) in [5.41, 5.74) is 0. The maximum Gasteiger partial charge on any atom is 0.320 e. The molecule has 0 spiro atoms. The van der Waals surface area contributed by atoms with Gasteiger partial charge in [0.05, 0.1) is 6.54 Å². The summed E-state index contributed by atoms with van der Waals surface area (Å²) in [7, 11) is 0. The van der Waals surface area contributed by atoms with Crippen LogP contribution in [-0.2, 0) is 9.59 Å². The van der Waals surface area contributed by atoms with Crippen molar-refractivity contribution in [3.8, 4) is 0 Å². The van der Waals surface area contributed by atoms with Crippen molar-refractivity contribution in [2.45, 2.75) is 39.3 Å². The van der Waals surface area contributed by atoms with E-state index in [1.54, 1.807) is 11.8 Å². The van der Waals surface area contributed by atoms with Crippen molar-refractivity contribution in [1.29, 1.82) is 0 Å². The molecule has 1 aliphatic rings. The molecule has 2 N–H and O–H groups in total. The van der Waals surface area contributed by atoms with Gasteiger partial charge in [0.25, 0.3) is 0 Å². The Labute approximate surface area is 114 Å². The monoisotopic (exact) mass is 271 g/mol. The molecule has 1 amide bonds. The number of nitrogens with zero attached hydrogens (tertiary/aromatic N) is 2. The number of piperazine rings is 1. The van der Waals surface area contributed by atoms with E-state index in [1.807, 2.05) is 4.90 Å². The van der Waals surface area contributed by atoms with Gasteiger partial charge in [-0.25, -0.2) is 0 Å². The van der Waals surface area contributed by atoms with Gasteiger partial charge >= 0.3 is 5.97 Å². The Kier molecular flexibility index (Phi) is 6.24. The zero-order valence-electron chi connectivity index (χ0n) is 12.1. The first-order valence-electron chi connectivity index (χ1n) is 6.93. The van der Waals surface area contributed by atoms with Crippen LogP contribution < -0.4 is 5.32 Å². The van der Waals surface area contributed by atoms with Gasteiger partial charge in [0.1, 0.15) is 6.04 Å². The summed E-state index contributed by atoms with van der Waals surface area (Å²) in [6.07, 6.45) is 0.997. The Bertz CT molecular complexity index is 314. The summed E-state index contributed by atoms with van der Waals surface area (Å²) >= 11 is 0. The molecule has 19 heavy (non-hydrogen) atoms. The van der Waals surface area contributed by atoms with Crippen LogP contribution in [0.4, 0.5) is 0 Å². The van der Waals surface area contributed by atoms with Gasteiger partial charge in [0, 0.05) is 32.2 Å². The van der Waals surface area contributed by atoms with E-state index in [0.717, 1.165) is 6.42 Å². The minimum Gasteiger partial charge on any atom is -0.480 e. The van der Waals surface area contributed by atoms with Crippen LogP contribution in [0.15, 0.2) is 0 Å². The number of carboxylic acids is 1. The molecule has 0 aromatic heterocycles. The SMILES string of the molecule is CCC(C)NCC(=O)N1CCN(C(C)C(=O)O)CC1. The van der Waals surface area contributed by atoms with Gasteiger partial charge in [-0.3, -0.25) is 14.5 Å². The summed E-state index contributed by atoms with van der Waals surface area (Å²) in [6.45, 7) is 8.66. The molecule has 1 fully saturated rings. The van der Waals surface area contributed by atoms with Crippen molar-refractivity contribution in [3.63, 3.8) is 0 Å². The third kappa shape index (κ3) is 4.80. The second-order valence-corrected chi connectivity index (χ2v) is 5.12. The second-order valence-electron chi connectivity index (χ2n) is 5.12. The molecule has 0 bridgehead atoms. The number of amides is 1. The van der Waals surface area contributed by atoms with Crippen LogP contribution in [0.5, 0.6) is 0 Å². The van der Waals surface area contributed by atoms with Gasteiger partial charge in [-0.05, 0) is 20.3 Å². The largest absolute Gasteiger partial charge is 0.480 e. The van der Waals surface area contributed by atoms with Gasteiger partial charge < -0.3 is 15.3 Å². The third-order valence-electron chi connectivity index (χ3n) is 3.79. The normalized spacial score (nSPS) is 20.1. The number of nitrogens with one attached hydrogen (secondary N) is 1. The predicted octanol–water partition coefficient (Wildman–Crippen LogP) is -0.00820. The molecule has 0 aliphatic carbocycles. The minimum atomic E-state index is -0.807. The highest BCUT2D eigenvalue weighted by atomic mass is 16.4. The number of hydrogen-bond donors (Lipinski definition) is 2. The average Bonchev–Trinajstić information content (AvgIpc) is 2.43. The zero-order valence-corrected chi connectivity index (χ0v) is 12.1. The number of carbonyl (C=O) groups is 2. The number of aliphatic carboxylic acids is 1. The lowest BCUT2D eigenvalue weighted by molar-refractivity contribution is -0.144. The summed E-state index contributed by atoms with van der Waals surface area (Å²) in [6, 6.07) is -0.132. The quantitative estimate of drug-likeness (QED) is 0.711. The van der Waals surface area contributed by atoms with E-state index in [1.165, 1.54) is 0 Å². The minimum absolute atomic E-state index is 0.0999. The van der Waals surface area contributed by atoms with E-state index >= 15 is 0 Å². The van der Waals surface area contributed by atoms with Crippen molar-refractivity contribution in [1.82, 2.24) is 15.1 Å². The van der Waals surface area contributed by atoms with E-state index in [4.69, 9.17) is 5.11 Å². The fourth-order valence-electron chi connectivity index (χ4n) is 2.03. The van der Waals surface area contributed by atoms with Crippen LogP contribution in [0, 0.1) is 0 Å². The second kappa shape index (κ2) is 7.45. The first-order valence-corrected chi connectivity index (χ1v) is 6.93. The maximum atomic E-state index is 12.0. The van der Waals surface area contributed by atoms with Crippen molar-refractivity contribution in [2.24, 2.45) is 0 Å². The summed E-state index contributed by atoms with van der Waals surface area (Å²) in [5, 5.41) is 12.1. The van der Waals surface area contributed by atoms with Gasteiger partial charge in [-0.1, -0.05) is 6.92 Å². The first kappa shape index (κ1) is 15.9. The molecular weight excluding hydrogens is 246 g/mol. The highest BCUT2D eigenvalue weighted by Crippen LogP contribution is 2.06. The number of carboxylic acid groups (broad SMARTS) is 1. The predicted molar refractivity (Wildman–Crippen MR) is 73.0 cm³/mol. The Hall–Kier alpha value is -1.14. The molecule has 2 atom stereocenters. The van der Waals surface area contributed by atoms with Crippen molar-refractivity contribution in [2.75, 3.05) is 32.7 Å². The number of carbonyl (C=O) groups excluding carboxylic acids is 1. The Balaban J connectivity index is 2.33. The molecule has 0 aromatic rings. The molecule has 0 radical (unpaired) electrons. The fraction of sp³-hybridized carbons (Fsp3) is 0.846. The topological polar surface area (TPSA) is 72.9 Å². The summed E-state index contributed by atoms with van der Waals surface area (Å²) in [5.74, 6) is -0.707. The van der Waals surface area contributed by atoms with Gasteiger partial charge in [-0.15, -0.1) is 0 Å². The first-order chi connectivity index (χ1) is 8.95. The van der Waals surface area contributed by atoms with E-state index in [0.29, 0.717) is 38.8 Å². The lowest BCUT2D eigenvalue weighted by atomic mass is 10.2. The van der Waals surface area contributed by atoms with E-state index < -0.39 is 12.0 Å². The zero-order chi connectivity index (χ0) is 14.4. The molecule has 110 valence electrons. The molecule has 1 rings (SSSR count). The van der Waals surface area contributed by atoms with Crippen molar-refractivity contribution < 1.29 is 14.7 Å². The van der Waals surface area contributed by atoms with Crippen LogP contribution in [-0.4, -0.2) is 71.6 Å². The maximum absolute atomic E-state index is 12.0. The standard InChI is InChI=1S/C13H25N3O3/c1-4-10(2)14-9-12(17)16-7-5-15(6-8-16)11(3)13(18)19/h10-11,14H,4-9H2,1-3H3,(H,18,19). The van der Waals surface area contributed by atoms with Gasteiger partial charge in [0.2, 0.25) is 5.91 Å². The van der Waals surface area contributed by atoms with Crippen LogP contribution in [0.1, 0.15) is 27.2 Å². The lowest BCUT2D eigenvalue weighted by Crippen LogP contribution is -2.54. The summed E-state index contributed by atoms with van der Waals surface area (Å²) < 4.78 is 0. The highest BCUT2D eigenvalue weighted by molar-refractivity contribution is 5.78. The number of hydrogen-bond acceptors (Lipinski definition) is 4. The van der Waals surface area contributed by atoms with Crippen LogP contribution >= 0.6 is 0 Å². The molecule has 2 unspecified atom stereocenters. The summed E-state index contributed by atoms with van der Waals surface area (Å²) in [4.78, 5) is 26.6. The van der Waals surface area contributed by atoms with Crippen LogP contribution in [0.3, 0.4) is 0 Å². The Morgan fingerprint density at radius 3 is 2.26 bits per heavy atom. The molecule has 6 nitrogen and oxygen atoms in total. The van der Waals surface area contributed by atoms with Crippen LogP contribution in [0.25, 0.3) is 0 Å². The number of rotatable bonds is 6. The molecule has 0 aromatic carbocycles. The van der Waals surface area contributed by atoms with E-state index in [-0.39, 0.29) is 5.91 Å². The third-order valence-corrected chi connectivity index (χ3v) is 3.79. The van der Waals surface area contributed by atoms with E-state index in [9.17, 15) is 9.59 Å². The fourth-order valence-corrected chi connectivity index (χ4v) is 2.03. The van der Waals surface area contributed by atoms with Crippen molar-refractivity contribution >= 4 is 11.9 Å². The lowest BCUT2D eigenvalue weighted by Gasteiger charge is -2.36. The molecular formula is C13H25N3O3. The molecule has 1 heterocycles. The highest BCUT2D eigenvalue weighted by Gasteiger charge is 2.26. The Morgan fingerprint density at radius 2 is 1.79 bits per heavy atom. The average molecular weight is 271 g/mol. The molecule has 0 saturated carbocycles. The Morgan fingerprint density at radius 1 is 1.21 bits per heavy atom. The molecule has 1 aliphatic heterocycles. The van der Waals surface area contributed by atoms with Crippen molar-refractivity contribution in [3.05, 3.63) is 0 Å². The van der Waals surface area contributed by atoms with E-state index in [2.05, 4.69) is 19.2 Å².